The number of pyridine rings is 1. The molecule has 2 amide bonds. The SMILES string of the molecule is O=C(Nc1ccncn1)N1c2nc(-c3cccc(Cl)c3)ccc2C2C[C@@H](O)C21. The van der Waals surface area contributed by atoms with Gasteiger partial charge >= 0.3 is 6.03 Å². The highest BCUT2D eigenvalue weighted by molar-refractivity contribution is 6.30. The van der Waals surface area contributed by atoms with Crippen molar-refractivity contribution >= 4 is 29.3 Å². The fraction of sp³-hybridized carbons (Fsp3) is 0.200. The minimum atomic E-state index is -0.579. The monoisotopic (exact) mass is 393 g/mol. The van der Waals surface area contributed by atoms with E-state index in [1.165, 1.54) is 6.33 Å². The minimum absolute atomic E-state index is 0.0852. The minimum Gasteiger partial charge on any atom is -0.391 e. The molecule has 0 spiro atoms. The van der Waals surface area contributed by atoms with Gasteiger partial charge in [-0.3, -0.25) is 10.2 Å². The first-order chi connectivity index (χ1) is 13.6. The summed E-state index contributed by atoms with van der Waals surface area (Å²) in [4.78, 5) is 27.2. The maximum absolute atomic E-state index is 13.0. The molecule has 8 heteroatoms. The van der Waals surface area contributed by atoms with Crippen molar-refractivity contribution in [2.75, 3.05) is 10.2 Å². The molecular formula is C20H16ClN5O2. The Kier molecular flexibility index (Phi) is 3.99. The van der Waals surface area contributed by atoms with E-state index in [4.69, 9.17) is 16.6 Å². The van der Waals surface area contributed by atoms with E-state index in [0.29, 0.717) is 23.1 Å². The number of carbonyl (C=O) groups excluding carboxylic acids is 1. The summed E-state index contributed by atoms with van der Waals surface area (Å²) in [5, 5.41) is 13.7. The quantitative estimate of drug-likeness (QED) is 0.695. The van der Waals surface area contributed by atoms with Crippen LogP contribution in [-0.2, 0) is 0 Å². The van der Waals surface area contributed by atoms with Gasteiger partial charge in [-0.2, -0.15) is 0 Å². The van der Waals surface area contributed by atoms with E-state index in [2.05, 4.69) is 15.3 Å². The van der Waals surface area contributed by atoms with Crippen LogP contribution in [0.4, 0.5) is 16.4 Å². The third-order valence-electron chi connectivity index (χ3n) is 5.29. The molecule has 1 aliphatic heterocycles. The molecule has 2 aliphatic rings. The van der Waals surface area contributed by atoms with Crippen molar-refractivity contribution in [2.45, 2.75) is 24.5 Å². The van der Waals surface area contributed by atoms with Crippen molar-refractivity contribution in [2.24, 2.45) is 0 Å². The fourth-order valence-corrected chi connectivity index (χ4v) is 4.12. The Hall–Kier alpha value is -3.03. The number of nitrogens with one attached hydrogen (secondary N) is 1. The number of carbonyl (C=O) groups is 1. The third kappa shape index (κ3) is 2.71. The van der Waals surface area contributed by atoms with Crippen molar-refractivity contribution in [1.29, 1.82) is 0 Å². The number of rotatable bonds is 2. The number of aliphatic hydroxyl groups excluding tert-OH is 1. The standard InChI is InChI=1S/C20H16ClN5O2/c21-12-3-1-2-11(8-12)15-5-4-13-14-9-16(27)18(14)26(19(13)24-15)20(28)25-17-6-7-22-10-23-17/h1-8,10,14,16,18,27H,9H2,(H,22,23,25,28)/t14?,16-,18?/m1/s1. The molecule has 0 bridgehead atoms. The van der Waals surface area contributed by atoms with Gasteiger partial charge in [0.25, 0.3) is 0 Å². The molecule has 3 heterocycles. The Morgan fingerprint density at radius 3 is 2.89 bits per heavy atom. The molecule has 1 aliphatic carbocycles. The van der Waals surface area contributed by atoms with E-state index in [-0.39, 0.29) is 18.0 Å². The molecule has 1 saturated carbocycles. The third-order valence-corrected chi connectivity index (χ3v) is 5.52. The van der Waals surface area contributed by atoms with E-state index in [1.807, 2.05) is 30.3 Å². The second kappa shape index (κ2) is 6.54. The Morgan fingerprint density at radius 2 is 2.14 bits per heavy atom. The first-order valence-electron chi connectivity index (χ1n) is 8.93. The van der Waals surface area contributed by atoms with Gasteiger partial charge in [-0.15, -0.1) is 0 Å². The van der Waals surface area contributed by atoms with Gasteiger partial charge < -0.3 is 5.11 Å². The summed E-state index contributed by atoms with van der Waals surface area (Å²) in [7, 11) is 0. The second-order valence-corrected chi connectivity index (χ2v) is 7.35. The number of benzene rings is 1. The molecule has 28 heavy (non-hydrogen) atoms. The zero-order valence-corrected chi connectivity index (χ0v) is 15.4. The normalized spacial score (nSPS) is 22.2. The van der Waals surface area contributed by atoms with Gasteiger partial charge in [-0.1, -0.05) is 29.8 Å². The van der Waals surface area contributed by atoms with Crippen LogP contribution >= 0.6 is 11.6 Å². The fourth-order valence-electron chi connectivity index (χ4n) is 3.93. The number of aliphatic hydroxyl groups is 1. The number of hydrogen-bond donors (Lipinski definition) is 2. The zero-order chi connectivity index (χ0) is 19.3. The highest BCUT2D eigenvalue weighted by Crippen LogP contribution is 2.51. The molecule has 5 rings (SSSR count). The van der Waals surface area contributed by atoms with Gasteiger partial charge in [-0.05, 0) is 30.7 Å². The van der Waals surface area contributed by atoms with Gasteiger partial charge in [-0.25, -0.2) is 19.7 Å². The van der Waals surface area contributed by atoms with E-state index >= 15 is 0 Å². The van der Waals surface area contributed by atoms with Crippen LogP contribution in [0.3, 0.4) is 0 Å². The van der Waals surface area contributed by atoms with Crippen LogP contribution < -0.4 is 10.2 Å². The molecule has 0 radical (unpaired) electrons. The summed E-state index contributed by atoms with van der Waals surface area (Å²) in [6.07, 6.45) is 2.96. The first kappa shape index (κ1) is 17.1. The summed E-state index contributed by atoms with van der Waals surface area (Å²) >= 11 is 6.11. The number of urea groups is 1. The lowest BCUT2D eigenvalue weighted by Gasteiger charge is -2.40. The van der Waals surface area contributed by atoms with Crippen LogP contribution in [-0.4, -0.2) is 38.2 Å². The van der Waals surface area contributed by atoms with Gasteiger partial charge in [0.15, 0.2) is 0 Å². The Morgan fingerprint density at radius 1 is 1.25 bits per heavy atom. The van der Waals surface area contributed by atoms with Crippen LogP contribution in [0.15, 0.2) is 55.0 Å². The number of hydrogen-bond acceptors (Lipinski definition) is 5. The molecule has 7 nitrogen and oxygen atoms in total. The number of aromatic nitrogens is 3. The van der Waals surface area contributed by atoms with Gasteiger partial charge in [0.1, 0.15) is 18.0 Å². The average Bonchev–Trinajstić information content (AvgIpc) is 2.97. The highest BCUT2D eigenvalue weighted by atomic mass is 35.5. The van der Waals surface area contributed by atoms with Crippen molar-refractivity contribution in [3.05, 3.63) is 65.6 Å². The lowest BCUT2D eigenvalue weighted by atomic mass is 9.75. The highest BCUT2D eigenvalue weighted by Gasteiger charge is 2.54. The Bertz CT molecular complexity index is 1060. The molecular weight excluding hydrogens is 378 g/mol. The van der Waals surface area contributed by atoms with E-state index in [9.17, 15) is 9.90 Å². The number of halogens is 1. The number of fused-ring (bicyclic) bond motifs is 3. The Labute approximate surface area is 166 Å². The number of anilines is 2. The van der Waals surface area contributed by atoms with Crippen LogP contribution in [0.5, 0.6) is 0 Å². The molecule has 2 unspecified atom stereocenters. The summed E-state index contributed by atoms with van der Waals surface area (Å²) in [6.45, 7) is 0. The van der Waals surface area contributed by atoms with E-state index in [0.717, 1.165) is 16.8 Å². The van der Waals surface area contributed by atoms with Crippen molar-refractivity contribution < 1.29 is 9.90 Å². The smallest absolute Gasteiger partial charge is 0.329 e. The largest absolute Gasteiger partial charge is 0.391 e. The lowest BCUT2D eigenvalue weighted by molar-refractivity contribution is 0.0540. The predicted octanol–water partition coefficient (Wildman–Crippen LogP) is 3.46. The van der Waals surface area contributed by atoms with Crippen molar-refractivity contribution in [3.8, 4) is 11.3 Å². The van der Waals surface area contributed by atoms with E-state index in [1.54, 1.807) is 23.2 Å². The molecule has 0 saturated heterocycles. The number of amides is 2. The average molecular weight is 394 g/mol. The first-order valence-corrected chi connectivity index (χ1v) is 9.31. The summed E-state index contributed by atoms with van der Waals surface area (Å²) in [6, 6.07) is 12.2. The molecule has 1 fully saturated rings. The van der Waals surface area contributed by atoms with Crippen LogP contribution in [0.1, 0.15) is 17.9 Å². The topological polar surface area (TPSA) is 91.2 Å². The Balaban J connectivity index is 1.53. The molecule has 140 valence electrons. The van der Waals surface area contributed by atoms with Crippen molar-refractivity contribution in [1.82, 2.24) is 15.0 Å². The van der Waals surface area contributed by atoms with Gasteiger partial charge in [0, 0.05) is 28.3 Å². The maximum Gasteiger partial charge on any atom is 0.329 e. The zero-order valence-electron chi connectivity index (χ0n) is 14.7. The lowest BCUT2D eigenvalue weighted by Crippen LogP contribution is -2.55. The van der Waals surface area contributed by atoms with Gasteiger partial charge in [0.2, 0.25) is 0 Å². The van der Waals surface area contributed by atoms with Crippen molar-refractivity contribution in [3.63, 3.8) is 0 Å². The maximum atomic E-state index is 13.0. The van der Waals surface area contributed by atoms with Gasteiger partial charge in [0.05, 0.1) is 17.8 Å². The summed E-state index contributed by atoms with van der Waals surface area (Å²) in [5.41, 5.74) is 2.56. The molecule has 3 atom stereocenters. The molecule has 2 N–H and O–H groups in total. The molecule has 3 aromatic rings. The van der Waals surface area contributed by atoms with Crippen LogP contribution in [0.25, 0.3) is 11.3 Å². The summed E-state index contributed by atoms with van der Waals surface area (Å²) < 4.78 is 0. The van der Waals surface area contributed by atoms with Crippen LogP contribution in [0, 0.1) is 0 Å². The summed E-state index contributed by atoms with van der Waals surface area (Å²) in [5.74, 6) is 1.04. The van der Waals surface area contributed by atoms with Crippen LogP contribution in [0.2, 0.25) is 5.02 Å². The second-order valence-electron chi connectivity index (χ2n) is 6.91. The number of nitrogens with zero attached hydrogens (tertiary/aromatic N) is 4. The molecule has 2 aromatic heterocycles. The molecule has 1 aromatic carbocycles. The van der Waals surface area contributed by atoms with E-state index < -0.39 is 6.10 Å². The predicted molar refractivity (Wildman–Crippen MR) is 105 cm³/mol.